The zero-order chi connectivity index (χ0) is 12.8. The zero-order valence-corrected chi connectivity index (χ0v) is 11.7. The van der Waals surface area contributed by atoms with E-state index in [0.29, 0.717) is 12.1 Å². The zero-order valence-electron chi connectivity index (χ0n) is 11.7. The first kappa shape index (κ1) is 13.6. The number of nitrogens with one attached hydrogen (secondary N) is 1. The molecule has 1 aliphatic rings. The molecule has 0 spiro atoms. The molecule has 1 aromatic rings. The van der Waals surface area contributed by atoms with E-state index < -0.39 is 0 Å². The Morgan fingerprint density at radius 3 is 3.00 bits per heavy atom. The minimum Gasteiger partial charge on any atom is -0.469 e. The molecular formula is C15H26N2O. The first-order valence-corrected chi connectivity index (χ1v) is 7.29. The smallest absolute Gasteiger partial charge is 0.105 e. The minimum atomic E-state index is 0.546. The largest absolute Gasteiger partial charge is 0.469 e. The Bertz CT molecular complexity index is 317. The number of hydrogen-bond donors (Lipinski definition) is 1. The fraction of sp³-hybridized carbons (Fsp3) is 0.733. The molecule has 0 aliphatic carbocycles. The summed E-state index contributed by atoms with van der Waals surface area (Å²) in [5.74, 6) is 1.09. The minimum absolute atomic E-state index is 0.546. The van der Waals surface area contributed by atoms with Crippen molar-refractivity contribution in [2.24, 2.45) is 0 Å². The second-order valence-electron chi connectivity index (χ2n) is 5.37. The van der Waals surface area contributed by atoms with Crippen LogP contribution in [0.5, 0.6) is 0 Å². The van der Waals surface area contributed by atoms with Gasteiger partial charge in [-0.25, -0.2) is 0 Å². The van der Waals surface area contributed by atoms with Gasteiger partial charge in [0.25, 0.3) is 0 Å². The van der Waals surface area contributed by atoms with Crippen LogP contribution < -0.4 is 5.32 Å². The maximum absolute atomic E-state index is 5.45. The van der Waals surface area contributed by atoms with Crippen LogP contribution in [-0.2, 0) is 6.42 Å². The normalized spacial score (nSPS) is 22.3. The van der Waals surface area contributed by atoms with E-state index in [-0.39, 0.29) is 0 Å². The van der Waals surface area contributed by atoms with Gasteiger partial charge in [-0.2, -0.15) is 0 Å². The van der Waals surface area contributed by atoms with E-state index in [1.807, 2.05) is 6.07 Å². The topological polar surface area (TPSA) is 28.4 Å². The summed E-state index contributed by atoms with van der Waals surface area (Å²) >= 11 is 0. The van der Waals surface area contributed by atoms with Gasteiger partial charge >= 0.3 is 0 Å². The molecule has 0 saturated carbocycles. The van der Waals surface area contributed by atoms with Crippen molar-refractivity contribution in [3.05, 3.63) is 24.2 Å². The van der Waals surface area contributed by atoms with E-state index >= 15 is 0 Å². The summed E-state index contributed by atoms with van der Waals surface area (Å²) in [6.07, 6.45) is 6.81. The summed E-state index contributed by atoms with van der Waals surface area (Å²) in [6, 6.07) is 5.27. The standard InChI is InChI=1S/C15H26N2O/c1-3-17(12-14-7-4-5-9-16-14)13(2)11-15-8-6-10-18-15/h6,8,10,13-14,16H,3-5,7,9,11-12H2,1-2H3. The first-order valence-electron chi connectivity index (χ1n) is 7.29. The van der Waals surface area contributed by atoms with E-state index in [2.05, 4.69) is 30.1 Å². The van der Waals surface area contributed by atoms with Crippen LogP contribution in [0.1, 0.15) is 38.9 Å². The summed E-state index contributed by atoms with van der Waals surface area (Å²) in [4.78, 5) is 2.56. The van der Waals surface area contributed by atoms with Gasteiger partial charge in [0.15, 0.2) is 0 Å². The van der Waals surface area contributed by atoms with Gasteiger partial charge in [-0.1, -0.05) is 13.3 Å². The van der Waals surface area contributed by atoms with Crippen LogP contribution in [0.15, 0.2) is 22.8 Å². The van der Waals surface area contributed by atoms with E-state index in [1.54, 1.807) is 6.26 Å². The van der Waals surface area contributed by atoms with Gasteiger partial charge in [0.1, 0.15) is 5.76 Å². The SMILES string of the molecule is CCN(CC1CCCCN1)C(C)Cc1ccco1. The number of rotatable bonds is 6. The maximum Gasteiger partial charge on any atom is 0.105 e. The van der Waals surface area contributed by atoms with Gasteiger partial charge in [-0.3, -0.25) is 4.90 Å². The van der Waals surface area contributed by atoms with Gasteiger partial charge in [-0.15, -0.1) is 0 Å². The highest BCUT2D eigenvalue weighted by Crippen LogP contribution is 2.13. The van der Waals surface area contributed by atoms with Gasteiger partial charge in [-0.05, 0) is 45.0 Å². The summed E-state index contributed by atoms with van der Waals surface area (Å²) in [5.41, 5.74) is 0. The molecule has 2 heterocycles. The molecule has 0 radical (unpaired) electrons. The summed E-state index contributed by atoms with van der Waals surface area (Å²) in [6.45, 7) is 8.02. The van der Waals surface area contributed by atoms with Crippen molar-refractivity contribution in [3.8, 4) is 0 Å². The van der Waals surface area contributed by atoms with Gasteiger partial charge < -0.3 is 9.73 Å². The molecule has 0 amide bonds. The molecule has 0 bridgehead atoms. The lowest BCUT2D eigenvalue weighted by molar-refractivity contribution is 0.178. The molecule has 0 aromatic carbocycles. The quantitative estimate of drug-likeness (QED) is 0.841. The number of furan rings is 1. The lowest BCUT2D eigenvalue weighted by Crippen LogP contribution is -2.47. The van der Waals surface area contributed by atoms with Crippen molar-refractivity contribution in [1.82, 2.24) is 10.2 Å². The number of nitrogens with zero attached hydrogens (tertiary/aromatic N) is 1. The number of hydrogen-bond acceptors (Lipinski definition) is 3. The Hall–Kier alpha value is -0.800. The molecule has 18 heavy (non-hydrogen) atoms. The van der Waals surface area contributed by atoms with Crippen molar-refractivity contribution in [2.75, 3.05) is 19.6 Å². The highest BCUT2D eigenvalue weighted by molar-refractivity contribution is 5.00. The number of piperidine rings is 1. The lowest BCUT2D eigenvalue weighted by Gasteiger charge is -2.33. The van der Waals surface area contributed by atoms with Crippen LogP contribution >= 0.6 is 0 Å². The van der Waals surface area contributed by atoms with Crippen LogP contribution in [0.4, 0.5) is 0 Å². The molecule has 1 aromatic heterocycles. The molecule has 1 aliphatic heterocycles. The fourth-order valence-electron chi connectivity index (χ4n) is 2.83. The van der Waals surface area contributed by atoms with Crippen molar-refractivity contribution in [2.45, 2.75) is 51.6 Å². The van der Waals surface area contributed by atoms with Crippen molar-refractivity contribution >= 4 is 0 Å². The van der Waals surface area contributed by atoms with Crippen molar-refractivity contribution < 1.29 is 4.42 Å². The fourth-order valence-corrected chi connectivity index (χ4v) is 2.83. The van der Waals surface area contributed by atoms with Crippen LogP contribution in [0.3, 0.4) is 0 Å². The van der Waals surface area contributed by atoms with Crippen LogP contribution in [0, 0.1) is 0 Å². The van der Waals surface area contributed by atoms with E-state index in [4.69, 9.17) is 4.42 Å². The molecule has 2 atom stereocenters. The van der Waals surface area contributed by atoms with Gasteiger partial charge in [0.2, 0.25) is 0 Å². The molecule has 3 nitrogen and oxygen atoms in total. The second kappa shape index (κ2) is 6.95. The average molecular weight is 250 g/mol. The third-order valence-corrected chi connectivity index (χ3v) is 3.97. The Morgan fingerprint density at radius 2 is 2.39 bits per heavy atom. The molecule has 2 unspecified atom stereocenters. The molecule has 1 fully saturated rings. The van der Waals surface area contributed by atoms with Crippen LogP contribution in [-0.4, -0.2) is 36.6 Å². The maximum atomic E-state index is 5.45. The van der Waals surface area contributed by atoms with E-state index in [1.165, 1.54) is 32.4 Å². The highest BCUT2D eigenvalue weighted by atomic mass is 16.3. The third kappa shape index (κ3) is 3.85. The number of likely N-dealkylation sites (N-methyl/N-ethyl adjacent to an activating group) is 1. The lowest BCUT2D eigenvalue weighted by atomic mass is 10.0. The molecular weight excluding hydrogens is 224 g/mol. The molecule has 1 N–H and O–H groups in total. The summed E-state index contributed by atoms with van der Waals surface area (Å²) in [5, 5.41) is 3.63. The van der Waals surface area contributed by atoms with E-state index in [9.17, 15) is 0 Å². The summed E-state index contributed by atoms with van der Waals surface area (Å²) in [7, 11) is 0. The monoisotopic (exact) mass is 250 g/mol. The Kier molecular flexibility index (Phi) is 5.26. The van der Waals surface area contributed by atoms with Gasteiger partial charge in [0.05, 0.1) is 6.26 Å². The second-order valence-corrected chi connectivity index (χ2v) is 5.37. The highest BCUT2D eigenvalue weighted by Gasteiger charge is 2.20. The third-order valence-electron chi connectivity index (χ3n) is 3.97. The Morgan fingerprint density at radius 1 is 1.50 bits per heavy atom. The predicted octanol–water partition coefficient (Wildman–Crippen LogP) is 2.67. The van der Waals surface area contributed by atoms with E-state index in [0.717, 1.165) is 18.7 Å². The van der Waals surface area contributed by atoms with Gasteiger partial charge in [0, 0.05) is 25.0 Å². The van der Waals surface area contributed by atoms with Crippen molar-refractivity contribution in [3.63, 3.8) is 0 Å². The Labute approximate surface area is 111 Å². The first-order chi connectivity index (χ1) is 8.79. The van der Waals surface area contributed by atoms with Crippen molar-refractivity contribution in [1.29, 1.82) is 0 Å². The Balaban J connectivity index is 1.82. The molecule has 3 heteroatoms. The van der Waals surface area contributed by atoms with Crippen LogP contribution in [0.2, 0.25) is 0 Å². The summed E-state index contributed by atoms with van der Waals surface area (Å²) < 4.78 is 5.45. The van der Waals surface area contributed by atoms with Crippen LogP contribution in [0.25, 0.3) is 0 Å². The average Bonchev–Trinajstić information content (AvgIpc) is 2.90. The molecule has 102 valence electrons. The molecule has 2 rings (SSSR count). The predicted molar refractivity (Wildman–Crippen MR) is 74.8 cm³/mol. The molecule has 1 saturated heterocycles.